The van der Waals surface area contributed by atoms with E-state index in [1.165, 1.54) is 27.1 Å². The predicted octanol–water partition coefficient (Wildman–Crippen LogP) is 7.95. The highest BCUT2D eigenvalue weighted by Gasteiger charge is 2.19. The van der Waals surface area contributed by atoms with E-state index in [0.717, 1.165) is 33.7 Å². The fourth-order valence-electron chi connectivity index (χ4n) is 4.61. The number of hydrogen-bond acceptors (Lipinski definition) is 1. The van der Waals surface area contributed by atoms with Crippen molar-refractivity contribution < 1.29 is 0 Å². The summed E-state index contributed by atoms with van der Waals surface area (Å²) in [6.45, 7) is 6.02. The third-order valence-electron chi connectivity index (χ3n) is 6.23. The van der Waals surface area contributed by atoms with Gasteiger partial charge in [-0.2, -0.15) is 0 Å². The zero-order valence-corrected chi connectivity index (χ0v) is 17.9. The van der Waals surface area contributed by atoms with Gasteiger partial charge in [0.15, 0.2) is 0 Å². The number of fused-ring (bicyclic) bond motifs is 6. The average Bonchev–Trinajstić information content (AvgIpc) is 3.26. The van der Waals surface area contributed by atoms with Gasteiger partial charge in [-0.25, -0.2) is 4.98 Å². The SMILES string of the molecule is C=Cc1ccc(-n2c(-c3ccc(C)cc3)nc3c4ccccc4c4ccccc4c32)cc1. The van der Waals surface area contributed by atoms with Crippen LogP contribution in [-0.4, -0.2) is 9.55 Å². The molecule has 1 heterocycles. The Labute approximate surface area is 187 Å². The number of rotatable bonds is 3. The molecule has 0 spiro atoms. The summed E-state index contributed by atoms with van der Waals surface area (Å²) < 4.78 is 2.31. The Morgan fingerprint density at radius 2 is 1.28 bits per heavy atom. The lowest BCUT2D eigenvalue weighted by Crippen LogP contribution is -1.98. The number of benzene rings is 5. The van der Waals surface area contributed by atoms with Crippen molar-refractivity contribution in [1.29, 1.82) is 0 Å². The summed E-state index contributed by atoms with van der Waals surface area (Å²) in [7, 11) is 0. The number of nitrogens with zero attached hydrogens (tertiary/aromatic N) is 2. The quantitative estimate of drug-likeness (QED) is 0.271. The summed E-state index contributed by atoms with van der Waals surface area (Å²) in [5, 5.41) is 4.86. The first-order valence-electron chi connectivity index (χ1n) is 10.9. The number of aryl methyl sites for hydroxylation is 1. The number of hydrogen-bond donors (Lipinski definition) is 0. The number of aromatic nitrogens is 2. The van der Waals surface area contributed by atoms with Crippen molar-refractivity contribution in [1.82, 2.24) is 9.55 Å². The van der Waals surface area contributed by atoms with Gasteiger partial charge in [0.1, 0.15) is 5.82 Å². The van der Waals surface area contributed by atoms with Gasteiger partial charge in [0, 0.05) is 22.0 Å². The van der Waals surface area contributed by atoms with Gasteiger partial charge < -0.3 is 0 Å². The van der Waals surface area contributed by atoms with Crippen molar-refractivity contribution in [2.45, 2.75) is 6.92 Å². The Morgan fingerprint density at radius 3 is 1.94 bits per heavy atom. The van der Waals surface area contributed by atoms with E-state index in [4.69, 9.17) is 4.98 Å². The van der Waals surface area contributed by atoms with Crippen LogP contribution in [0.5, 0.6) is 0 Å². The summed E-state index contributed by atoms with van der Waals surface area (Å²) in [6.07, 6.45) is 1.87. The molecule has 0 saturated carbocycles. The molecule has 152 valence electrons. The molecule has 0 N–H and O–H groups in total. The van der Waals surface area contributed by atoms with Gasteiger partial charge in [-0.1, -0.05) is 103 Å². The van der Waals surface area contributed by atoms with Crippen LogP contribution in [0.3, 0.4) is 0 Å². The molecule has 0 aliphatic heterocycles. The molecule has 1 aromatic heterocycles. The molecule has 0 saturated heterocycles. The van der Waals surface area contributed by atoms with Crippen molar-refractivity contribution in [2.24, 2.45) is 0 Å². The minimum atomic E-state index is 0.952. The summed E-state index contributed by atoms with van der Waals surface area (Å²) in [5.74, 6) is 0.952. The van der Waals surface area contributed by atoms with Crippen LogP contribution in [0.4, 0.5) is 0 Å². The highest BCUT2D eigenvalue weighted by Crippen LogP contribution is 2.39. The Hall–Kier alpha value is -4.17. The Morgan fingerprint density at radius 1 is 0.688 bits per heavy atom. The standard InChI is InChI=1S/C30H22N2/c1-3-21-14-18-23(19-15-21)32-29-27-11-7-5-9-25(27)24-8-4-6-10-26(24)28(29)31-30(32)22-16-12-20(2)13-17-22/h3-19H,1H2,2H3. The summed E-state index contributed by atoms with van der Waals surface area (Å²) in [5.41, 5.74) is 6.71. The van der Waals surface area contributed by atoms with Crippen LogP contribution >= 0.6 is 0 Å². The molecular formula is C30H22N2. The van der Waals surface area contributed by atoms with Gasteiger partial charge in [0.2, 0.25) is 0 Å². The van der Waals surface area contributed by atoms with Gasteiger partial charge in [-0.05, 0) is 35.4 Å². The van der Waals surface area contributed by atoms with Crippen molar-refractivity contribution in [3.63, 3.8) is 0 Å². The second-order valence-corrected chi connectivity index (χ2v) is 8.22. The minimum Gasteiger partial charge on any atom is -0.292 e. The topological polar surface area (TPSA) is 17.8 Å². The molecule has 2 heteroatoms. The maximum absolute atomic E-state index is 5.25. The van der Waals surface area contributed by atoms with Crippen molar-refractivity contribution in [3.8, 4) is 17.1 Å². The smallest absolute Gasteiger partial charge is 0.145 e. The Kier molecular flexibility index (Phi) is 4.19. The Bertz CT molecular complexity index is 1620. The van der Waals surface area contributed by atoms with Crippen LogP contribution in [0, 0.1) is 6.92 Å². The van der Waals surface area contributed by atoms with E-state index in [9.17, 15) is 0 Å². The van der Waals surface area contributed by atoms with Gasteiger partial charge in [-0.3, -0.25) is 4.57 Å². The molecule has 0 bridgehead atoms. The second-order valence-electron chi connectivity index (χ2n) is 8.22. The van der Waals surface area contributed by atoms with Gasteiger partial charge in [0.05, 0.1) is 11.0 Å². The zero-order valence-electron chi connectivity index (χ0n) is 17.9. The fraction of sp³-hybridized carbons (Fsp3) is 0.0333. The van der Waals surface area contributed by atoms with E-state index in [1.807, 2.05) is 6.08 Å². The third-order valence-corrected chi connectivity index (χ3v) is 6.23. The molecular weight excluding hydrogens is 388 g/mol. The van der Waals surface area contributed by atoms with Crippen LogP contribution in [0.1, 0.15) is 11.1 Å². The van der Waals surface area contributed by atoms with Crippen molar-refractivity contribution in [3.05, 3.63) is 115 Å². The maximum atomic E-state index is 5.25. The van der Waals surface area contributed by atoms with Gasteiger partial charge in [0.25, 0.3) is 0 Å². The van der Waals surface area contributed by atoms with Gasteiger partial charge in [-0.15, -0.1) is 0 Å². The zero-order chi connectivity index (χ0) is 21.7. The highest BCUT2D eigenvalue weighted by molar-refractivity contribution is 6.24. The summed E-state index contributed by atoms with van der Waals surface area (Å²) in [6, 6.07) is 34.4. The summed E-state index contributed by atoms with van der Waals surface area (Å²) in [4.78, 5) is 5.25. The highest BCUT2D eigenvalue weighted by atomic mass is 15.1. The maximum Gasteiger partial charge on any atom is 0.145 e. The Balaban J connectivity index is 1.82. The molecule has 6 aromatic rings. The first-order chi connectivity index (χ1) is 15.7. The van der Waals surface area contributed by atoms with Crippen LogP contribution in [0.25, 0.3) is 55.7 Å². The lowest BCUT2D eigenvalue weighted by Gasteiger charge is -2.13. The van der Waals surface area contributed by atoms with E-state index in [-0.39, 0.29) is 0 Å². The normalized spacial score (nSPS) is 11.4. The van der Waals surface area contributed by atoms with E-state index in [0.29, 0.717) is 0 Å². The lowest BCUT2D eigenvalue weighted by atomic mass is 10.00. The predicted molar refractivity (Wildman–Crippen MR) is 136 cm³/mol. The van der Waals surface area contributed by atoms with Crippen LogP contribution in [0.15, 0.2) is 104 Å². The van der Waals surface area contributed by atoms with Crippen LogP contribution in [-0.2, 0) is 0 Å². The summed E-state index contributed by atoms with van der Waals surface area (Å²) >= 11 is 0. The van der Waals surface area contributed by atoms with Crippen LogP contribution in [0.2, 0.25) is 0 Å². The second kappa shape index (κ2) is 7.21. The first kappa shape index (κ1) is 18.6. The third kappa shape index (κ3) is 2.77. The average molecular weight is 411 g/mol. The van der Waals surface area contributed by atoms with E-state index in [1.54, 1.807) is 0 Å². The molecule has 5 aromatic carbocycles. The molecule has 6 rings (SSSR count). The number of imidazole rings is 1. The molecule has 0 aliphatic rings. The van der Waals surface area contributed by atoms with Crippen molar-refractivity contribution in [2.75, 3.05) is 0 Å². The molecule has 0 atom stereocenters. The molecule has 0 radical (unpaired) electrons. The van der Waals surface area contributed by atoms with E-state index in [2.05, 4.69) is 115 Å². The van der Waals surface area contributed by atoms with E-state index >= 15 is 0 Å². The monoisotopic (exact) mass is 410 g/mol. The minimum absolute atomic E-state index is 0.952. The van der Waals surface area contributed by atoms with Gasteiger partial charge >= 0.3 is 0 Å². The molecule has 32 heavy (non-hydrogen) atoms. The fourth-order valence-corrected chi connectivity index (χ4v) is 4.61. The van der Waals surface area contributed by atoms with E-state index < -0.39 is 0 Å². The first-order valence-corrected chi connectivity index (χ1v) is 10.9. The molecule has 2 nitrogen and oxygen atoms in total. The lowest BCUT2D eigenvalue weighted by molar-refractivity contribution is 1.10. The molecule has 0 aliphatic carbocycles. The molecule has 0 amide bonds. The van der Waals surface area contributed by atoms with Crippen molar-refractivity contribution >= 4 is 38.7 Å². The van der Waals surface area contributed by atoms with Crippen LogP contribution < -0.4 is 0 Å². The largest absolute Gasteiger partial charge is 0.292 e. The molecule has 0 fully saturated rings. The molecule has 0 unspecified atom stereocenters.